The highest BCUT2D eigenvalue weighted by atomic mass is 16.5. The molecule has 1 atom stereocenters. The Labute approximate surface area is 137 Å². The van der Waals surface area contributed by atoms with E-state index in [-0.39, 0.29) is 6.10 Å². The fraction of sp³-hybridized carbons (Fsp3) is 0.500. The molecule has 1 aromatic carbocycles. The van der Waals surface area contributed by atoms with Crippen molar-refractivity contribution in [2.45, 2.75) is 33.0 Å². The summed E-state index contributed by atoms with van der Waals surface area (Å²) in [7, 11) is 1.71. The molecule has 5 heteroatoms. The number of aryl methyl sites for hydroxylation is 2. The number of rotatable bonds is 5. The molecule has 5 nitrogen and oxygen atoms in total. The highest BCUT2D eigenvalue weighted by Crippen LogP contribution is 2.17. The van der Waals surface area contributed by atoms with Crippen LogP contribution in [0.4, 0.5) is 0 Å². The van der Waals surface area contributed by atoms with Gasteiger partial charge in [0.05, 0.1) is 32.1 Å². The minimum absolute atomic E-state index is 0.187. The van der Waals surface area contributed by atoms with Gasteiger partial charge in [-0.05, 0) is 37.6 Å². The Bertz CT molecular complexity index is 653. The Balaban J connectivity index is 1.60. The Morgan fingerprint density at radius 3 is 2.91 bits per heavy atom. The fourth-order valence-electron chi connectivity index (χ4n) is 3.12. The molecule has 23 heavy (non-hydrogen) atoms. The maximum atomic E-state index is 5.93. The summed E-state index contributed by atoms with van der Waals surface area (Å²) in [6, 6.07) is 10.4. The molecule has 0 amide bonds. The molecular formula is C18H25N3O2. The van der Waals surface area contributed by atoms with Crippen LogP contribution in [0.25, 0.3) is 0 Å². The zero-order valence-electron chi connectivity index (χ0n) is 14.2. The molecule has 0 spiro atoms. The first-order valence-electron chi connectivity index (χ1n) is 8.12. The number of nitrogens with zero attached hydrogens (tertiary/aromatic N) is 3. The van der Waals surface area contributed by atoms with Crippen LogP contribution in [0.15, 0.2) is 30.3 Å². The van der Waals surface area contributed by atoms with Crippen molar-refractivity contribution in [1.29, 1.82) is 0 Å². The molecule has 1 aromatic heterocycles. The molecule has 0 radical (unpaired) electrons. The van der Waals surface area contributed by atoms with Crippen molar-refractivity contribution in [3.8, 4) is 5.75 Å². The first-order valence-corrected chi connectivity index (χ1v) is 8.12. The second-order valence-electron chi connectivity index (χ2n) is 6.19. The Kier molecular flexibility index (Phi) is 4.98. The SMILES string of the molecule is COc1cccc(CN2CCO[C@H](Cn3nc(C)cc3C)C2)c1. The lowest BCUT2D eigenvalue weighted by atomic mass is 10.1. The minimum atomic E-state index is 0.187. The number of aromatic nitrogens is 2. The molecule has 124 valence electrons. The van der Waals surface area contributed by atoms with Crippen molar-refractivity contribution in [3.63, 3.8) is 0 Å². The van der Waals surface area contributed by atoms with Crippen LogP contribution >= 0.6 is 0 Å². The average Bonchev–Trinajstić information content (AvgIpc) is 2.85. The van der Waals surface area contributed by atoms with Gasteiger partial charge in [-0.2, -0.15) is 5.10 Å². The fourth-order valence-corrected chi connectivity index (χ4v) is 3.12. The molecule has 1 fully saturated rings. The van der Waals surface area contributed by atoms with Crippen LogP contribution in [0.2, 0.25) is 0 Å². The summed E-state index contributed by atoms with van der Waals surface area (Å²) in [6.07, 6.45) is 0.187. The van der Waals surface area contributed by atoms with Gasteiger partial charge in [0.15, 0.2) is 0 Å². The summed E-state index contributed by atoms with van der Waals surface area (Å²) in [4.78, 5) is 2.44. The van der Waals surface area contributed by atoms with Gasteiger partial charge >= 0.3 is 0 Å². The Morgan fingerprint density at radius 1 is 1.30 bits per heavy atom. The predicted octanol–water partition coefficient (Wildman–Crippen LogP) is 2.41. The highest BCUT2D eigenvalue weighted by molar-refractivity contribution is 5.28. The van der Waals surface area contributed by atoms with Gasteiger partial charge in [-0.15, -0.1) is 0 Å². The van der Waals surface area contributed by atoms with Crippen molar-refractivity contribution in [3.05, 3.63) is 47.3 Å². The molecular weight excluding hydrogens is 290 g/mol. The standard InChI is InChI=1S/C18H25N3O2/c1-14-9-15(2)21(19-14)13-18-12-20(7-8-23-18)11-16-5-4-6-17(10-16)22-3/h4-6,9-10,18H,7-8,11-13H2,1-3H3/t18-/m0/s1. The number of hydrogen-bond acceptors (Lipinski definition) is 4. The van der Waals surface area contributed by atoms with Gasteiger partial charge in [-0.3, -0.25) is 9.58 Å². The van der Waals surface area contributed by atoms with E-state index in [0.717, 1.165) is 44.2 Å². The van der Waals surface area contributed by atoms with Crippen LogP contribution < -0.4 is 4.74 Å². The van der Waals surface area contributed by atoms with Crippen molar-refractivity contribution in [1.82, 2.24) is 14.7 Å². The number of hydrogen-bond donors (Lipinski definition) is 0. The molecule has 2 heterocycles. The minimum Gasteiger partial charge on any atom is -0.497 e. The molecule has 1 aliphatic heterocycles. The molecule has 1 aliphatic rings. The van der Waals surface area contributed by atoms with E-state index < -0.39 is 0 Å². The van der Waals surface area contributed by atoms with E-state index in [4.69, 9.17) is 9.47 Å². The third-order valence-electron chi connectivity index (χ3n) is 4.24. The number of methoxy groups -OCH3 is 1. The van der Waals surface area contributed by atoms with Gasteiger partial charge in [0.25, 0.3) is 0 Å². The van der Waals surface area contributed by atoms with Crippen LogP contribution in [0.3, 0.4) is 0 Å². The normalized spacial score (nSPS) is 19.0. The lowest BCUT2D eigenvalue weighted by molar-refractivity contribution is -0.0405. The van der Waals surface area contributed by atoms with Gasteiger partial charge in [0, 0.05) is 25.3 Å². The topological polar surface area (TPSA) is 39.5 Å². The first-order chi connectivity index (χ1) is 11.1. The van der Waals surface area contributed by atoms with Crippen molar-refractivity contribution < 1.29 is 9.47 Å². The average molecular weight is 315 g/mol. The molecule has 0 N–H and O–H groups in total. The molecule has 0 bridgehead atoms. The highest BCUT2D eigenvalue weighted by Gasteiger charge is 2.22. The molecule has 1 saturated heterocycles. The van der Waals surface area contributed by atoms with E-state index in [1.165, 1.54) is 11.3 Å². The maximum Gasteiger partial charge on any atom is 0.119 e. The molecule has 2 aromatic rings. The number of morpholine rings is 1. The Hall–Kier alpha value is -1.85. The van der Waals surface area contributed by atoms with E-state index >= 15 is 0 Å². The van der Waals surface area contributed by atoms with Crippen molar-refractivity contribution in [2.75, 3.05) is 26.8 Å². The van der Waals surface area contributed by atoms with Gasteiger partial charge < -0.3 is 9.47 Å². The van der Waals surface area contributed by atoms with Gasteiger partial charge in [-0.1, -0.05) is 12.1 Å². The Morgan fingerprint density at radius 2 is 2.17 bits per heavy atom. The zero-order chi connectivity index (χ0) is 16.2. The monoisotopic (exact) mass is 315 g/mol. The van der Waals surface area contributed by atoms with E-state index in [0.29, 0.717) is 0 Å². The quantitative estimate of drug-likeness (QED) is 0.849. The summed E-state index contributed by atoms with van der Waals surface area (Å²) in [5.41, 5.74) is 3.53. The van der Waals surface area contributed by atoms with Crippen LogP contribution in [0.1, 0.15) is 17.0 Å². The summed E-state index contributed by atoms with van der Waals surface area (Å²) in [5.74, 6) is 0.912. The lowest BCUT2D eigenvalue weighted by Crippen LogP contribution is -2.43. The zero-order valence-corrected chi connectivity index (χ0v) is 14.2. The van der Waals surface area contributed by atoms with Gasteiger partial charge in [0.1, 0.15) is 5.75 Å². The summed E-state index contributed by atoms with van der Waals surface area (Å²) in [6.45, 7) is 8.52. The molecule has 0 saturated carbocycles. The van der Waals surface area contributed by atoms with Gasteiger partial charge in [0.2, 0.25) is 0 Å². The van der Waals surface area contributed by atoms with Crippen molar-refractivity contribution in [2.24, 2.45) is 0 Å². The molecule has 0 unspecified atom stereocenters. The summed E-state index contributed by atoms with van der Waals surface area (Å²) >= 11 is 0. The third-order valence-corrected chi connectivity index (χ3v) is 4.24. The smallest absolute Gasteiger partial charge is 0.119 e. The molecule has 3 rings (SSSR count). The number of ether oxygens (including phenoxy) is 2. The van der Waals surface area contributed by atoms with Crippen LogP contribution in [-0.4, -0.2) is 47.6 Å². The largest absolute Gasteiger partial charge is 0.497 e. The maximum absolute atomic E-state index is 5.93. The second-order valence-corrected chi connectivity index (χ2v) is 6.19. The predicted molar refractivity (Wildman–Crippen MR) is 89.7 cm³/mol. The van der Waals surface area contributed by atoms with E-state index in [1.54, 1.807) is 7.11 Å². The van der Waals surface area contributed by atoms with Crippen LogP contribution in [0, 0.1) is 13.8 Å². The third kappa shape index (κ3) is 4.12. The van der Waals surface area contributed by atoms with Crippen LogP contribution in [0.5, 0.6) is 5.75 Å². The summed E-state index contributed by atoms with van der Waals surface area (Å²) in [5, 5.41) is 4.54. The van der Waals surface area contributed by atoms with E-state index in [2.05, 4.69) is 39.8 Å². The van der Waals surface area contributed by atoms with E-state index in [9.17, 15) is 0 Å². The number of benzene rings is 1. The van der Waals surface area contributed by atoms with Crippen molar-refractivity contribution >= 4 is 0 Å². The second kappa shape index (κ2) is 7.15. The van der Waals surface area contributed by atoms with Crippen LogP contribution in [-0.2, 0) is 17.8 Å². The van der Waals surface area contributed by atoms with Gasteiger partial charge in [-0.25, -0.2) is 0 Å². The lowest BCUT2D eigenvalue weighted by Gasteiger charge is -2.33. The first kappa shape index (κ1) is 16.0. The summed E-state index contributed by atoms with van der Waals surface area (Å²) < 4.78 is 13.3. The molecule has 0 aliphatic carbocycles. The van der Waals surface area contributed by atoms with E-state index in [1.807, 2.05) is 19.1 Å².